The molecule has 0 aromatic carbocycles. The number of pyridine rings is 1. The van der Waals surface area contributed by atoms with Crippen molar-refractivity contribution in [3.8, 4) is 0 Å². The smallest absolute Gasteiger partial charge is 0.423 e. The largest absolute Gasteiger partial charge is 0.493 e. The van der Waals surface area contributed by atoms with Crippen LogP contribution in [0.15, 0.2) is 18.3 Å². The molecular formula is C12H21BN2O3. The summed E-state index contributed by atoms with van der Waals surface area (Å²) >= 11 is 0. The zero-order chi connectivity index (χ0) is 14.0. The molecule has 100 valence electrons. The summed E-state index contributed by atoms with van der Waals surface area (Å²) in [5, 5.41) is 19.9. The van der Waals surface area contributed by atoms with Crippen LogP contribution >= 0.6 is 0 Å². The Morgan fingerprint density at radius 3 is 2.33 bits per heavy atom. The average molecular weight is 252 g/mol. The first-order valence-electron chi connectivity index (χ1n) is 5.90. The Hall–Kier alpha value is -0.945. The van der Waals surface area contributed by atoms with Crippen molar-refractivity contribution >= 4 is 12.6 Å². The summed E-state index contributed by atoms with van der Waals surface area (Å²) in [6.45, 7) is 7.06. The van der Waals surface area contributed by atoms with E-state index in [1.54, 1.807) is 39.8 Å². The van der Waals surface area contributed by atoms with Gasteiger partial charge in [-0.05, 0) is 33.8 Å². The Morgan fingerprint density at radius 2 is 1.94 bits per heavy atom. The van der Waals surface area contributed by atoms with Gasteiger partial charge in [0.15, 0.2) is 0 Å². The minimum absolute atomic E-state index is 0.354. The van der Waals surface area contributed by atoms with Crippen LogP contribution in [-0.2, 0) is 11.2 Å². The normalized spacial score (nSPS) is 12.6. The quantitative estimate of drug-likeness (QED) is 0.631. The van der Waals surface area contributed by atoms with E-state index < -0.39 is 18.3 Å². The van der Waals surface area contributed by atoms with Crippen LogP contribution in [-0.4, -0.2) is 33.4 Å². The lowest BCUT2D eigenvalue weighted by atomic mass is 9.77. The Kier molecular flexibility index (Phi) is 4.50. The van der Waals surface area contributed by atoms with E-state index in [1.165, 1.54) is 6.20 Å². The average Bonchev–Trinajstić information content (AvgIpc) is 2.27. The Labute approximate surface area is 108 Å². The van der Waals surface area contributed by atoms with Crippen molar-refractivity contribution in [3.63, 3.8) is 0 Å². The molecule has 0 saturated carbocycles. The van der Waals surface area contributed by atoms with Crippen molar-refractivity contribution in [2.24, 2.45) is 5.73 Å². The van der Waals surface area contributed by atoms with E-state index in [2.05, 4.69) is 4.98 Å². The van der Waals surface area contributed by atoms with Gasteiger partial charge in [-0.25, -0.2) is 0 Å². The summed E-state index contributed by atoms with van der Waals surface area (Å²) in [5.41, 5.74) is 4.76. The Bertz CT molecular complexity index is 387. The van der Waals surface area contributed by atoms with Gasteiger partial charge in [0, 0.05) is 18.2 Å². The molecule has 0 atom stereocenters. The lowest BCUT2D eigenvalue weighted by Crippen LogP contribution is -2.53. The number of nitrogens with two attached hydrogens (primary N) is 1. The van der Waals surface area contributed by atoms with Crippen molar-refractivity contribution in [1.82, 2.24) is 4.98 Å². The van der Waals surface area contributed by atoms with Gasteiger partial charge < -0.3 is 20.5 Å². The van der Waals surface area contributed by atoms with Crippen LogP contribution in [0.25, 0.3) is 0 Å². The van der Waals surface area contributed by atoms with Crippen molar-refractivity contribution < 1.29 is 14.8 Å². The summed E-state index contributed by atoms with van der Waals surface area (Å²) in [6.07, 6.45) is 1.52. The highest BCUT2D eigenvalue weighted by Crippen LogP contribution is 2.25. The Balaban J connectivity index is 2.78. The van der Waals surface area contributed by atoms with Crippen molar-refractivity contribution in [1.29, 1.82) is 0 Å². The fourth-order valence-corrected chi connectivity index (χ4v) is 1.19. The summed E-state index contributed by atoms with van der Waals surface area (Å²) in [4.78, 5) is 4.08. The molecule has 0 fully saturated rings. The van der Waals surface area contributed by atoms with Crippen LogP contribution < -0.4 is 11.2 Å². The molecule has 0 unspecified atom stereocenters. The van der Waals surface area contributed by atoms with Crippen molar-refractivity contribution in [2.75, 3.05) is 0 Å². The molecule has 0 aliphatic rings. The molecule has 0 radical (unpaired) electrons. The molecule has 0 bridgehead atoms. The number of aliphatic hydroxyl groups is 1. The van der Waals surface area contributed by atoms with E-state index >= 15 is 0 Å². The first-order chi connectivity index (χ1) is 8.17. The molecule has 6 heteroatoms. The molecule has 0 aliphatic heterocycles. The van der Waals surface area contributed by atoms with Crippen LogP contribution in [0.1, 0.15) is 33.4 Å². The summed E-state index contributed by atoms with van der Waals surface area (Å²) in [5.74, 6) is 0. The minimum atomic E-state index is -1.13. The highest BCUT2D eigenvalue weighted by atomic mass is 16.5. The molecule has 1 aromatic rings. The summed E-state index contributed by atoms with van der Waals surface area (Å²) < 4.78 is 5.50. The van der Waals surface area contributed by atoms with Gasteiger partial charge in [-0.15, -0.1) is 0 Å². The van der Waals surface area contributed by atoms with Gasteiger partial charge in [-0.1, -0.05) is 6.07 Å². The predicted octanol–water partition coefficient (Wildman–Crippen LogP) is -0.206. The minimum Gasteiger partial charge on any atom is -0.423 e. The van der Waals surface area contributed by atoms with Crippen LogP contribution in [0.2, 0.25) is 0 Å². The third-order valence-corrected chi connectivity index (χ3v) is 3.22. The van der Waals surface area contributed by atoms with Gasteiger partial charge in [0.2, 0.25) is 0 Å². The van der Waals surface area contributed by atoms with Gasteiger partial charge in [0.1, 0.15) is 0 Å². The maximum Gasteiger partial charge on any atom is 0.493 e. The van der Waals surface area contributed by atoms with E-state index in [4.69, 9.17) is 10.4 Å². The monoisotopic (exact) mass is 252 g/mol. The fraction of sp³-hybridized carbons (Fsp3) is 0.583. The molecule has 18 heavy (non-hydrogen) atoms. The van der Waals surface area contributed by atoms with Gasteiger partial charge in [0.05, 0.1) is 16.9 Å². The highest BCUT2D eigenvalue weighted by Gasteiger charge is 2.39. The Morgan fingerprint density at radius 1 is 1.33 bits per heavy atom. The van der Waals surface area contributed by atoms with Crippen LogP contribution in [0.3, 0.4) is 0 Å². The third-order valence-electron chi connectivity index (χ3n) is 3.22. The molecule has 1 heterocycles. The number of rotatable bonds is 5. The number of nitrogens with zero attached hydrogens (tertiary/aromatic N) is 1. The lowest BCUT2D eigenvalue weighted by molar-refractivity contribution is -0.0982. The van der Waals surface area contributed by atoms with Gasteiger partial charge in [-0.3, -0.25) is 4.98 Å². The van der Waals surface area contributed by atoms with E-state index in [1.807, 2.05) is 0 Å². The van der Waals surface area contributed by atoms with Crippen LogP contribution in [0, 0.1) is 0 Å². The summed E-state index contributed by atoms with van der Waals surface area (Å²) in [6, 6.07) is 3.44. The van der Waals surface area contributed by atoms with Crippen molar-refractivity contribution in [2.45, 2.75) is 45.4 Å². The molecule has 0 aliphatic carbocycles. The second-order valence-electron chi connectivity index (χ2n) is 5.33. The van der Waals surface area contributed by atoms with Crippen molar-refractivity contribution in [3.05, 3.63) is 24.0 Å². The topological polar surface area (TPSA) is 88.6 Å². The standard InChI is InChI=1S/C12H21BN2O3/c1-11(2,16)12(3,4)18-13(17)9-5-6-10(7-14)15-8-9/h5-6,8,16-17H,7,14H2,1-4H3. The zero-order valence-electron chi connectivity index (χ0n) is 11.3. The third kappa shape index (κ3) is 3.52. The maximum absolute atomic E-state index is 9.98. The van der Waals surface area contributed by atoms with E-state index in [0.717, 1.165) is 5.69 Å². The van der Waals surface area contributed by atoms with Crippen LogP contribution in [0.4, 0.5) is 0 Å². The first kappa shape index (κ1) is 15.1. The molecule has 4 N–H and O–H groups in total. The predicted molar refractivity (Wildman–Crippen MR) is 71.2 cm³/mol. The number of aromatic nitrogens is 1. The van der Waals surface area contributed by atoms with E-state index in [-0.39, 0.29) is 0 Å². The fourth-order valence-electron chi connectivity index (χ4n) is 1.19. The first-order valence-corrected chi connectivity index (χ1v) is 5.90. The molecule has 0 spiro atoms. The SMILES string of the molecule is CC(C)(O)C(C)(C)OB(O)c1ccc(CN)nc1. The van der Waals surface area contributed by atoms with Crippen LogP contribution in [0.5, 0.6) is 0 Å². The lowest BCUT2D eigenvalue weighted by Gasteiger charge is -2.38. The number of hydrogen-bond donors (Lipinski definition) is 3. The second kappa shape index (κ2) is 5.36. The highest BCUT2D eigenvalue weighted by molar-refractivity contribution is 6.59. The zero-order valence-corrected chi connectivity index (χ0v) is 11.3. The van der Waals surface area contributed by atoms with Gasteiger partial charge in [-0.2, -0.15) is 0 Å². The van der Waals surface area contributed by atoms with E-state index in [0.29, 0.717) is 12.0 Å². The second-order valence-corrected chi connectivity index (χ2v) is 5.33. The number of hydrogen-bond acceptors (Lipinski definition) is 5. The molecule has 1 rings (SSSR count). The molecule has 1 aromatic heterocycles. The maximum atomic E-state index is 9.98. The molecule has 5 nitrogen and oxygen atoms in total. The van der Waals surface area contributed by atoms with Gasteiger partial charge in [0.25, 0.3) is 0 Å². The summed E-state index contributed by atoms with van der Waals surface area (Å²) in [7, 11) is -1.13. The van der Waals surface area contributed by atoms with Gasteiger partial charge >= 0.3 is 7.12 Å². The molecule has 0 amide bonds. The van der Waals surface area contributed by atoms with E-state index in [9.17, 15) is 10.1 Å². The molecule has 0 saturated heterocycles. The molecular weight excluding hydrogens is 231 g/mol.